The summed E-state index contributed by atoms with van der Waals surface area (Å²) in [7, 11) is -2.48. The number of amides is 1. The van der Waals surface area contributed by atoms with Gasteiger partial charge in [0.2, 0.25) is 10.0 Å². The van der Waals surface area contributed by atoms with Crippen LogP contribution in [0.15, 0.2) is 23.1 Å². The lowest BCUT2D eigenvalue weighted by Crippen LogP contribution is -2.42. The van der Waals surface area contributed by atoms with Crippen molar-refractivity contribution in [2.45, 2.75) is 25.2 Å². The highest BCUT2D eigenvalue weighted by molar-refractivity contribution is 7.89. The van der Waals surface area contributed by atoms with Crippen molar-refractivity contribution in [3.63, 3.8) is 0 Å². The molecule has 0 radical (unpaired) electrons. The first-order valence-electron chi connectivity index (χ1n) is 8.33. The quantitative estimate of drug-likeness (QED) is 0.761. The Bertz CT molecular complexity index is 782. The third kappa shape index (κ3) is 4.53. The Hall–Kier alpha value is -2.13. The van der Waals surface area contributed by atoms with Gasteiger partial charge < -0.3 is 15.2 Å². The molecule has 0 aliphatic carbocycles. The second-order valence-corrected chi connectivity index (χ2v) is 8.62. The summed E-state index contributed by atoms with van der Waals surface area (Å²) in [5.41, 5.74) is 0.0590. The first-order chi connectivity index (χ1) is 12.1. The Morgan fingerprint density at radius 1 is 1.27 bits per heavy atom. The van der Waals surface area contributed by atoms with E-state index >= 15 is 0 Å². The lowest BCUT2D eigenvalue weighted by molar-refractivity contribution is -0.135. The average molecular weight is 384 g/mol. The number of hydrogen-bond donors (Lipinski definition) is 2. The minimum atomic E-state index is -3.85. The molecule has 0 saturated carbocycles. The number of ether oxygens (including phenoxy) is 1. The van der Waals surface area contributed by atoms with Crippen LogP contribution in [-0.2, 0) is 14.8 Å². The minimum absolute atomic E-state index is 0.0590. The summed E-state index contributed by atoms with van der Waals surface area (Å²) in [6.45, 7) is 4.28. The number of nitrogens with zero attached hydrogens (tertiary/aromatic N) is 1. The molecule has 1 aliphatic heterocycles. The lowest BCUT2D eigenvalue weighted by atomic mass is 9.94. The molecule has 1 aromatic carbocycles. The molecule has 2 rings (SSSR count). The highest BCUT2D eigenvalue weighted by Crippen LogP contribution is 2.32. The summed E-state index contributed by atoms with van der Waals surface area (Å²) < 4.78 is 32.8. The third-order valence-electron chi connectivity index (χ3n) is 4.28. The number of hydrogen-bond acceptors (Lipinski definition) is 5. The van der Waals surface area contributed by atoms with Crippen LogP contribution in [0.5, 0.6) is 5.75 Å². The molecule has 1 heterocycles. The molecule has 0 spiro atoms. The Labute approximate surface area is 153 Å². The predicted octanol–water partition coefficient (Wildman–Crippen LogP) is 1.18. The van der Waals surface area contributed by atoms with Crippen LogP contribution in [0.25, 0.3) is 0 Å². The fraction of sp³-hybridized carbons (Fsp3) is 0.529. The number of carbonyl (C=O) groups is 2. The summed E-state index contributed by atoms with van der Waals surface area (Å²) >= 11 is 0. The third-order valence-corrected chi connectivity index (χ3v) is 6.13. The minimum Gasteiger partial charge on any atom is -0.495 e. The lowest BCUT2D eigenvalue weighted by Gasteiger charge is -2.34. The van der Waals surface area contributed by atoms with Crippen molar-refractivity contribution >= 4 is 21.9 Å². The highest BCUT2D eigenvalue weighted by Gasteiger charge is 2.34. The van der Waals surface area contributed by atoms with E-state index in [1.54, 1.807) is 0 Å². The number of rotatable bonds is 6. The maximum absolute atomic E-state index is 13.1. The number of nitrogens with one attached hydrogen (secondary N) is 1. The first kappa shape index (κ1) is 20.2. The summed E-state index contributed by atoms with van der Waals surface area (Å²) in [5.74, 6) is -1.23. The standard InChI is InChI=1S/C17H24N2O6S/c1-11-6-12(2)10-19(9-11)26(23,24)15-7-13(4-5-14(15)25-3)17(22)18-8-16(20)21/h4-5,7,11-12H,6,8-10H2,1-3H3,(H,18,22)(H,20,21). The molecule has 1 amide bonds. The number of methoxy groups -OCH3 is 1. The molecular formula is C17H24N2O6S. The summed E-state index contributed by atoms with van der Waals surface area (Å²) in [6.07, 6.45) is 0.959. The van der Waals surface area contributed by atoms with Crippen LogP contribution in [0.3, 0.4) is 0 Å². The van der Waals surface area contributed by atoms with E-state index in [2.05, 4.69) is 5.32 Å². The van der Waals surface area contributed by atoms with Gasteiger partial charge in [-0.2, -0.15) is 4.31 Å². The van der Waals surface area contributed by atoms with Gasteiger partial charge >= 0.3 is 5.97 Å². The molecule has 1 aromatic rings. The molecule has 26 heavy (non-hydrogen) atoms. The molecule has 2 unspecified atom stereocenters. The van der Waals surface area contributed by atoms with E-state index < -0.39 is 28.4 Å². The van der Waals surface area contributed by atoms with Crippen molar-refractivity contribution in [1.29, 1.82) is 0 Å². The first-order valence-corrected chi connectivity index (χ1v) is 9.77. The molecule has 8 nitrogen and oxygen atoms in total. The van der Waals surface area contributed by atoms with Gasteiger partial charge in [-0.25, -0.2) is 8.42 Å². The summed E-state index contributed by atoms with van der Waals surface area (Å²) in [5, 5.41) is 10.9. The summed E-state index contributed by atoms with van der Waals surface area (Å²) in [6, 6.07) is 4.03. The number of carboxylic acids is 1. The van der Waals surface area contributed by atoms with E-state index in [0.29, 0.717) is 13.1 Å². The number of sulfonamides is 1. The van der Waals surface area contributed by atoms with Crippen molar-refractivity contribution in [3.05, 3.63) is 23.8 Å². The van der Waals surface area contributed by atoms with Crippen molar-refractivity contribution in [2.75, 3.05) is 26.7 Å². The average Bonchev–Trinajstić information content (AvgIpc) is 2.58. The maximum atomic E-state index is 13.1. The topological polar surface area (TPSA) is 113 Å². The molecule has 1 saturated heterocycles. The van der Waals surface area contributed by atoms with Crippen LogP contribution >= 0.6 is 0 Å². The van der Waals surface area contributed by atoms with E-state index in [0.717, 1.165) is 6.42 Å². The molecule has 2 atom stereocenters. The van der Waals surface area contributed by atoms with Crippen LogP contribution in [0.2, 0.25) is 0 Å². The van der Waals surface area contributed by atoms with Crippen LogP contribution in [0.4, 0.5) is 0 Å². The Morgan fingerprint density at radius 3 is 2.42 bits per heavy atom. The monoisotopic (exact) mass is 384 g/mol. The van der Waals surface area contributed by atoms with Gasteiger partial charge in [0.15, 0.2) is 0 Å². The molecule has 1 fully saturated rings. The zero-order valence-electron chi connectivity index (χ0n) is 15.1. The maximum Gasteiger partial charge on any atom is 0.322 e. The van der Waals surface area contributed by atoms with E-state index in [-0.39, 0.29) is 28.0 Å². The van der Waals surface area contributed by atoms with Gasteiger partial charge in [-0.05, 0) is 36.5 Å². The van der Waals surface area contributed by atoms with E-state index in [1.165, 1.54) is 29.6 Å². The normalized spacial score (nSPS) is 21.2. The number of aliphatic carboxylic acids is 1. The molecule has 0 aromatic heterocycles. The fourth-order valence-corrected chi connectivity index (χ4v) is 5.08. The van der Waals surface area contributed by atoms with Gasteiger partial charge in [-0.3, -0.25) is 9.59 Å². The van der Waals surface area contributed by atoms with Gasteiger partial charge in [0.1, 0.15) is 17.2 Å². The molecular weight excluding hydrogens is 360 g/mol. The number of carboxylic acid groups (broad SMARTS) is 1. The Kier molecular flexibility index (Phi) is 6.25. The van der Waals surface area contributed by atoms with Crippen LogP contribution < -0.4 is 10.1 Å². The van der Waals surface area contributed by atoms with Crippen molar-refractivity contribution in [3.8, 4) is 5.75 Å². The molecule has 0 bridgehead atoms. The summed E-state index contributed by atoms with van der Waals surface area (Å²) in [4.78, 5) is 22.6. The molecule has 144 valence electrons. The molecule has 1 aliphatic rings. The van der Waals surface area contributed by atoms with Gasteiger partial charge in [0, 0.05) is 18.7 Å². The molecule has 9 heteroatoms. The Morgan fingerprint density at radius 2 is 1.88 bits per heavy atom. The van der Waals surface area contributed by atoms with Crippen molar-refractivity contribution in [1.82, 2.24) is 9.62 Å². The predicted molar refractivity (Wildman–Crippen MR) is 94.7 cm³/mol. The number of piperidine rings is 1. The number of benzene rings is 1. The largest absolute Gasteiger partial charge is 0.495 e. The Balaban J connectivity index is 2.38. The van der Waals surface area contributed by atoms with E-state index in [9.17, 15) is 18.0 Å². The smallest absolute Gasteiger partial charge is 0.322 e. The van der Waals surface area contributed by atoms with Crippen molar-refractivity contribution < 1.29 is 27.9 Å². The zero-order valence-corrected chi connectivity index (χ0v) is 15.9. The van der Waals surface area contributed by atoms with E-state index in [4.69, 9.17) is 9.84 Å². The zero-order chi connectivity index (χ0) is 19.5. The van der Waals surface area contributed by atoms with Gasteiger partial charge in [-0.1, -0.05) is 13.8 Å². The van der Waals surface area contributed by atoms with Gasteiger partial charge in [0.25, 0.3) is 5.91 Å². The second-order valence-electron chi connectivity index (χ2n) is 6.71. The fourth-order valence-electron chi connectivity index (χ4n) is 3.22. The van der Waals surface area contributed by atoms with Crippen LogP contribution in [0, 0.1) is 11.8 Å². The van der Waals surface area contributed by atoms with E-state index in [1.807, 2.05) is 13.8 Å². The van der Waals surface area contributed by atoms with Gasteiger partial charge in [-0.15, -0.1) is 0 Å². The molecule has 2 N–H and O–H groups in total. The van der Waals surface area contributed by atoms with Crippen LogP contribution in [-0.4, -0.2) is 56.5 Å². The SMILES string of the molecule is COc1ccc(C(=O)NCC(=O)O)cc1S(=O)(=O)N1CC(C)CC(C)C1. The van der Waals surface area contributed by atoms with Crippen LogP contribution in [0.1, 0.15) is 30.6 Å². The highest BCUT2D eigenvalue weighted by atomic mass is 32.2. The second kappa shape index (κ2) is 8.05. The van der Waals surface area contributed by atoms with Gasteiger partial charge in [0.05, 0.1) is 7.11 Å². The number of carbonyl (C=O) groups excluding carboxylic acids is 1. The van der Waals surface area contributed by atoms with Crippen molar-refractivity contribution in [2.24, 2.45) is 11.8 Å².